The van der Waals surface area contributed by atoms with E-state index in [2.05, 4.69) is 16.4 Å². The third-order valence-corrected chi connectivity index (χ3v) is 3.65. The molecular formula is C18H16ClN3O. The largest absolute Gasteiger partial charge is 0.313 e. The Morgan fingerprint density at radius 1 is 1.22 bits per heavy atom. The minimum atomic E-state index is -0.180. The van der Waals surface area contributed by atoms with Crippen molar-refractivity contribution < 1.29 is 4.79 Å². The second kappa shape index (κ2) is 6.67. The van der Waals surface area contributed by atoms with Crippen LogP contribution >= 0.6 is 11.6 Å². The number of carbonyl (C=O) groups is 1. The van der Waals surface area contributed by atoms with Crippen molar-refractivity contribution in [1.29, 1.82) is 0 Å². The number of halogens is 1. The molecule has 5 heteroatoms. The molecule has 0 bridgehead atoms. The van der Waals surface area contributed by atoms with E-state index < -0.39 is 0 Å². The van der Waals surface area contributed by atoms with Gasteiger partial charge >= 0.3 is 0 Å². The summed E-state index contributed by atoms with van der Waals surface area (Å²) < 4.78 is 1.88. The third kappa shape index (κ3) is 3.79. The molecule has 0 fully saturated rings. The SMILES string of the molecule is Cc1cc(Cl)cc(Cn2ccnc2NC(=O)c2ccccc2)c1. The number of imidazole rings is 1. The number of carbonyl (C=O) groups excluding carboxylic acids is 1. The summed E-state index contributed by atoms with van der Waals surface area (Å²) in [6.07, 6.45) is 3.49. The zero-order chi connectivity index (χ0) is 16.2. The summed E-state index contributed by atoms with van der Waals surface area (Å²) in [7, 11) is 0. The van der Waals surface area contributed by atoms with E-state index in [0.717, 1.165) is 11.1 Å². The van der Waals surface area contributed by atoms with Crippen molar-refractivity contribution in [2.75, 3.05) is 5.32 Å². The predicted molar refractivity (Wildman–Crippen MR) is 91.9 cm³/mol. The molecule has 0 saturated heterocycles. The summed E-state index contributed by atoms with van der Waals surface area (Å²) in [6.45, 7) is 2.59. The number of anilines is 1. The van der Waals surface area contributed by atoms with E-state index in [1.54, 1.807) is 18.3 Å². The fourth-order valence-corrected chi connectivity index (χ4v) is 2.74. The van der Waals surface area contributed by atoms with Gasteiger partial charge in [-0.25, -0.2) is 4.98 Å². The molecule has 1 heterocycles. The lowest BCUT2D eigenvalue weighted by Crippen LogP contribution is -2.16. The Kier molecular flexibility index (Phi) is 4.44. The molecule has 0 aliphatic heterocycles. The summed E-state index contributed by atoms with van der Waals surface area (Å²) in [4.78, 5) is 16.5. The molecule has 1 amide bonds. The lowest BCUT2D eigenvalue weighted by molar-refractivity contribution is 0.102. The van der Waals surface area contributed by atoms with E-state index in [1.807, 2.05) is 48.0 Å². The van der Waals surface area contributed by atoms with Gasteiger partial charge in [-0.05, 0) is 42.3 Å². The Morgan fingerprint density at radius 2 is 2.00 bits per heavy atom. The normalized spacial score (nSPS) is 10.5. The van der Waals surface area contributed by atoms with E-state index in [9.17, 15) is 4.79 Å². The van der Waals surface area contributed by atoms with E-state index in [-0.39, 0.29) is 5.91 Å². The first-order valence-corrected chi connectivity index (χ1v) is 7.63. The van der Waals surface area contributed by atoms with Crippen molar-refractivity contribution in [3.05, 3.63) is 82.6 Å². The molecule has 0 saturated carbocycles. The van der Waals surface area contributed by atoms with E-state index in [0.29, 0.717) is 23.1 Å². The Morgan fingerprint density at radius 3 is 2.74 bits per heavy atom. The molecule has 1 N–H and O–H groups in total. The van der Waals surface area contributed by atoms with Crippen LogP contribution in [-0.2, 0) is 6.54 Å². The molecule has 0 atom stereocenters. The summed E-state index contributed by atoms with van der Waals surface area (Å²) in [6, 6.07) is 15.0. The Balaban J connectivity index is 1.78. The van der Waals surface area contributed by atoms with Gasteiger partial charge in [0.25, 0.3) is 5.91 Å². The maximum atomic E-state index is 12.2. The van der Waals surface area contributed by atoms with Crippen LogP contribution in [0.4, 0.5) is 5.95 Å². The first-order valence-electron chi connectivity index (χ1n) is 7.25. The molecule has 4 nitrogen and oxygen atoms in total. The van der Waals surface area contributed by atoms with Crippen LogP contribution in [0.15, 0.2) is 60.9 Å². The van der Waals surface area contributed by atoms with Crippen LogP contribution in [0.1, 0.15) is 21.5 Å². The van der Waals surface area contributed by atoms with Crippen molar-refractivity contribution >= 4 is 23.5 Å². The second-order valence-corrected chi connectivity index (χ2v) is 5.77. The number of hydrogen-bond acceptors (Lipinski definition) is 2. The highest BCUT2D eigenvalue weighted by Crippen LogP contribution is 2.17. The Bertz CT molecular complexity index is 807. The number of aromatic nitrogens is 2. The molecule has 0 aliphatic carbocycles. The first-order chi connectivity index (χ1) is 11.1. The Labute approximate surface area is 139 Å². The average Bonchev–Trinajstić information content (AvgIpc) is 2.94. The fourth-order valence-electron chi connectivity index (χ4n) is 2.42. The lowest BCUT2D eigenvalue weighted by atomic mass is 10.1. The van der Waals surface area contributed by atoms with Crippen LogP contribution in [0.2, 0.25) is 5.02 Å². The molecule has 116 valence electrons. The maximum absolute atomic E-state index is 12.2. The molecule has 2 aromatic carbocycles. The van der Waals surface area contributed by atoms with Crippen LogP contribution in [0.5, 0.6) is 0 Å². The average molecular weight is 326 g/mol. The molecular weight excluding hydrogens is 310 g/mol. The van der Waals surface area contributed by atoms with Gasteiger partial charge in [0.15, 0.2) is 0 Å². The van der Waals surface area contributed by atoms with Gasteiger partial charge in [-0.3, -0.25) is 10.1 Å². The molecule has 3 aromatic rings. The second-order valence-electron chi connectivity index (χ2n) is 5.34. The third-order valence-electron chi connectivity index (χ3n) is 3.43. The van der Waals surface area contributed by atoms with E-state index in [1.165, 1.54) is 0 Å². The molecule has 0 spiro atoms. The first kappa shape index (κ1) is 15.3. The molecule has 23 heavy (non-hydrogen) atoms. The summed E-state index contributed by atoms with van der Waals surface area (Å²) in [5.74, 6) is 0.330. The van der Waals surface area contributed by atoms with Gasteiger partial charge in [0.1, 0.15) is 0 Å². The molecule has 0 radical (unpaired) electrons. The van der Waals surface area contributed by atoms with Crippen molar-refractivity contribution in [3.63, 3.8) is 0 Å². The number of nitrogens with one attached hydrogen (secondary N) is 1. The van der Waals surface area contributed by atoms with Crippen molar-refractivity contribution in [2.24, 2.45) is 0 Å². The van der Waals surface area contributed by atoms with Crippen LogP contribution in [-0.4, -0.2) is 15.5 Å². The van der Waals surface area contributed by atoms with Crippen molar-refractivity contribution in [1.82, 2.24) is 9.55 Å². The molecule has 0 unspecified atom stereocenters. The molecule has 0 aliphatic rings. The standard InChI is InChI=1S/C18H16ClN3O/c1-13-9-14(11-16(19)10-13)12-22-8-7-20-18(22)21-17(23)15-5-3-2-4-6-15/h2-11H,12H2,1H3,(H,20,21,23). The van der Waals surface area contributed by atoms with Crippen molar-refractivity contribution in [3.8, 4) is 0 Å². The van der Waals surface area contributed by atoms with Gasteiger partial charge < -0.3 is 4.57 Å². The fraction of sp³-hybridized carbons (Fsp3) is 0.111. The lowest BCUT2D eigenvalue weighted by Gasteiger charge is -2.10. The zero-order valence-corrected chi connectivity index (χ0v) is 13.4. The predicted octanol–water partition coefficient (Wildman–Crippen LogP) is 4.15. The maximum Gasteiger partial charge on any atom is 0.257 e. The minimum absolute atomic E-state index is 0.180. The van der Waals surface area contributed by atoms with Crippen LogP contribution < -0.4 is 5.32 Å². The quantitative estimate of drug-likeness (QED) is 0.783. The highest BCUT2D eigenvalue weighted by atomic mass is 35.5. The minimum Gasteiger partial charge on any atom is -0.313 e. The number of hydrogen-bond donors (Lipinski definition) is 1. The van der Waals surface area contributed by atoms with Gasteiger partial charge in [0.05, 0.1) is 6.54 Å². The summed E-state index contributed by atoms with van der Waals surface area (Å²) in [5, 5.41) is 3.54. The highest BCUT2D eigenvalue weighted by molar-refractivity contribution is 6.30. The van der Waals surface area contributed by atoms with Crippen LogP contribution in [0.3, 0.4) is 0 Å². The van der Waals surface area contributed by atoms with Gasteiger partial charge in [0, 0.05) is 23.0 Å². The van der Waals surface area contributed by atoms with E-state index >= 15 is 0 Å². The zero-order valence-electron chi connectivity index (χ0n) is 12.7. The molecule has 1 aromatic heterocycles. The number of amides is 1. The summed E-state index contributed by atoms with van der Waals surface area (Å²) >= 11 is 6.10. The van der Waals surface area contributed by atoms with Crippen LogP contribution in [0.25, 0.3) is 0 Å². The topological polar surface area (TPSA) is 46.9 Å². The smallest absolute Gasteiger partial charge is 0.257 e. The number of rotatable bonds is 4. The molecule has 3 rings (SSSR count). The van der Waals surface area contributed by atoms with E-state index in [4.69, 9.17) is 11.6 Å². The van der Waals surface area contributed by atoms with Gasteiger partial charge in [0.2, 0.25) is 5.95 Å². The number of benzene rings is 2. The van der Waals surface area contributed by atoms with Gasteiger partial charge in [-0.15, -0.1) is 0 Å². The number of nitrogens with zero attached hydrogens (tertiary/aromatic N) is 2. The summed E-state index contributed by atoms with van der Waals surface area (Å²) in [5.41, 5.74) is 2.76. The van der Waals surface area contributed by atoms with Crippen LogP contribution in [0, 0.1) is 6.92 Å². The van der Waals surface area contributed by atoms with Gasteiger partial charge in [-0.2, -0.15) is 0 Å². The van der Waals surface area contributed by atoms with Gasteiger partial charge in [-0.1, -0.05) is 35.9 Å². The monoisotopic (exact) mass is 325 g/mol. The number of aryl methyl sites for hydroxylation is 1. The Hall–Kier alpha value is -2.59. The highest BCUT2D eigenvalue weighted by Gasteiger charge is 2.10. The van der Waals surface area contributed by atoms with Crippen molar-refractivity contribution in [2.45, 2.75) is 13.5 Å².